The van der Waals surface area contributed by atoms with Gasteiger partial charge in [-0.15, -0.1) is 0 Å². The van der Waals surface area contributed by atoms with Crippen LogP contribution >= 0.6 is 0 Å². The second-order valence-electron chi connectivity index (χ2n) is 6.04. The molecule has 22 heavy (non-hydrogen) atoms. The number of nitrogens with zero attached hydrogens (tertiary/aromatic N) is 3. The highest BCUT2D eigenvalue weighted by atomic mass is 15.2. The maximum atomic E-state index is 5.97. The minimum Gasteiger partial charge on any atom is -0.330 e. The van der Waals surface area contributed by atoms with Crippen LogP contribution in [0.25, 0.3) is 22.3 Å². The fourth-order valence-electron chi connectivity index (χ4n) is 3.15. The Bertz CT molecular complexity index is 832. The minimum atomic E-state index is 0.187. The van der Waals surface area contributed by atoms with Crippen LogP contribution in [-0.2, 0) is 11.8 Å². The Morgan fingerprint density at radius 1 is 1.27 bits per heavy atom. The van der Waals surface area contributed by atoms with Crippen molar-refractivity contribution in [3.8, 4) is 11.3 Å². The molecule has 0 spiro atoms. The molecule has 4 rings (SSSR count). The van der Waals surface area contributed by atoms with Gasteiger partial charge in [0.05, 0.1) is 11.1 Å². The van der Waals surface area contributed by atoms with Crippen LogP contribution in [0.1, 0.15) is 31.0 Å². The Kier molecular flexibility index (Phi) is 2.97. The van der Waals surface area contributed by atoms with E-state index in [1.54, 1.807) is 6.33 Å². The largest absolute Gasteiger partial charge is 0.330 e. The number of fused-ring (bicyclic) bond motifs is 1. The summed E-state index contributed by atoms with van der Waals surface area (Å²) in [6, 6.07) is 8.61. The zero-order valence-corrected chi connectivity index (χ0v) is 12.6. The summed E-state index contributed by atoms with van der Waals surface area (Å²) in [5.41, 5.74) is 11.3. The zero-order chi connectivity index (χ0) is 15.2. The van der Waals surface area contributed by atoms with Crippen LogP contribution in [0.3, 0.4) is 0 Å². The van der Waals surface area contributed by atoms with Crippen molar-refractivity contribution >= 4 is 11.0 Å². The van der Waals surface area contributed by atoms with E-state index in [-0.39, 0.29) is 5.41 Å². The van der Waals surface area contributed by atoms with Crippen molar-refractivity contribution < 1.29 is 0 Å². The number of nitrogens with one attached hydrogen (secondary N) is 1. The molecule has 2 aromatic heterocycles. The smallest absolute Gasteiger partial charge is 0.184 e. The molecule has 1 fully saturated rings. The third kappa shape index (κ3) is 1.93. The van der Waals surface area contributed by atoms with Gasteiger partial charge in [-0.1, -0.05) is 25.1 Å². The number of aryl methyl sites for hydroxylation is 1. The molecule has 3 aromatic rings. The Hall–Kier alpha value is -2.27. The summed E-state index contributed by atoms with van der Waals surface area (Å²) in [6.45, 7) is 2.81. The molecule has 1 aliphatic rings. The van der Waals surface area contributed by atoms with E-state index >= 15 is 0 Å². The van der Waals surface area contributed by atoms with Gasteiger partial charge < -0.3 is 5.73 Å². The van der Waals surface area contributed by atoms with Crippen LogP contribution in [0, 0.1) is 0 Å². The first kappa shape index (κ1) is 13.4. The molecule has 5 nitrogen and oxygen atoms in total. The van der Waals surface area contributed by atoms with E-state index in [2.05, 4.69) is 51.4 Å². The Morgan fingerprint density at radius 2 is 2.14 bits per heavy atom. The maximum Gasteiger partial charge on any atom is 0.184 e. The van der Waals surface area contributed by atoms with Gasteiger partial charge in [-0.25, -0.2) is 9.97 Å². The average Bonchev–Trinajstić information content (AvgIpc) is 3.27. The summed E-state index contributed by atoms with van der Waals surface area (Å²) in [5.74, 6) is 0. The Morgan fingerprint density at radius 3 is 2.86 bits per heavy atom. The van der Waals surface area contributed by atoms with E-state index in [4.69, 9.17) is 5.73 Å². The van der Waals surface area contributed by atoms with Crippen molar-refractivity contribution in [2.24, 2.45) is 5.73 Å². The average molecular weight is 293 g/mol. The normalized spacial score (nSPS) is 16.1. The molecule has 2 heterocycles. The molecular weight excluding hydrogens is 274 g/mol. The third-order valence-corrected chi connectivity index (χ3v) is 4.77. The molecule has 0 bridgehead atoms. The SMILES string of the molecule is CCc1[nH]nc2ncnc(-c3cccc(C4(CN)CC4)c3)c12. The van der Waals surface area contributed by atoms with Crippen LogP contribution in [0.4, 0.5) is 0 Å². The van der Waals surface area contributed by atoms with Crippen molar-refractivity contribution in [2.45, 2.75) is 31.6 Å². The number of nitrogens with two attached hydrogens (primary N) is 1. The first-order valence-electron chi connectivity index (χ1n) is 7.76. The number of benzene rings is 1. The number of hydrogen-bond acceptors (Lipinski definition) is 4. The number of rotatable bonds is 4. The fourth-order valence-corrected chi connectivity index (χ4v) is 3.15. The summed E-state index contributed by atoms with van der Waals surface area (Å²) < 4.78 is 0. The van der Waals surface area contributed by atoms with Gasteiger partial charge >= 0.3 is 0 Å². The predicted octanol–water partition coefficient (Wildman–Crippen LogP) is 2.57. The molecule has 3 N–H and O–H groups in total. The fraction of sp³-hybridized carbons (Fsp3) is 0.353. The van der Waals surface area contributed by atoms with Crippen molar-refractivity contribution in [3.63, 3.8) is 0 Å². The highest BCUT2D eigenvalue weighted by Gasteiger charge is 2.42. The van der Waals surface area contributed by atoms with Gasteiger partial charge in [0.1, 0.15) is 6.33 Å². The van der Waals surface area contributed by atoms with E-state index in [0.29, 0.717) is 6.54 Å². The van der Waals surface area contributed by atoms with Gasteiger partial charge in [0, 0.05) is 23.2 Å². The second kappa shape index (κ2) is 4.88. The lowest BCUT2D eigenvalue weighted by molar-refractivity contribution is 0.705. The maximum absolute atomic E-state index is 5.97. The summed E-state index contributed by atoms with van der Waals surface area (Å²) in [7, 11) is 0. The van der Waals surface area contributed by atoms with E-state index < -0.39 is 0 Å². The summed E-state index contributed by atoms with van der Waals surface area (Å²) in [4.78, 5) is 8.79. The highest BCUT2D eigenvalue weighted by molar-refractivity contribution is 5.92. The third-order valence-electron chi connectivity index (χ3n) is 4.77. The molecule has 1 aliphatic carbocycles. The number of hydrogen-bond donors (Lipinski definition) is 2. The van der Waals surface area contributed by atoms with Crippen molar-refractivity contribution in [3.05, 3.63) is 41.9 Å². The molecular formula is C17H19N5. The molecule has 1 aromatic carbocycles. The van der Waals surface area contributed by atoms with E-state index in [1.165, 1.54) is 18.4 Å². The minimum absolute atomic E-state index is 0.187. The molecule has 0 unspecified atom stereocenters. The van der Waals surface area contributed by atoms with Crippen LogP contribution in [-0.4, -0.2) is 26.7 Å². The van der Waals surface area contributed by atoms with Gasteiger partial charge in [-0.3, -0.25) is 5.10 Å². The first-order chi connectivity index (χ1) is 10.8. The Labute approximate surface area is 129 Å². The highest BCUT2D eigenvalue weighted by Crippen LogP contribution is 2.47. The van der Waals surface area contributed by atoms with Crippen LogP contribution in [0.15, 0.2) is 30.6 Å². The van der Waals surface area contributed by atoms with Crippen LogP contribution in [0.2, 0.25) is 0 Å². The molecule has 0 saturated heterocycles. The lowest BCUT2D eigenvalue weighted by atomic mass is 9.93. The van der Waals surface area contributed by atoms with Gasteiger partial charge in [-0.2, -0.15) is 5.10 Å². The second-order valence-corrected chi connectivity index (χ2v) is 6.04. The zero-order valence-electron chi connectivity index (χ0n) is 12.6. The number of aromatic amines is 1. The van der Waals surface area contributed by atoms with E-state index in [1.807, 2.05) is 0 Å². The van der Waals surface area contributed by atoms with Crippen molar-refractivity contribution in [1.29, 1.82) is 0 Å². The van der Waals surface area contributed by atoms with E-state index in [9.17, 15) is 0 Å². The molecule has 0 atom stereocenters. The summed E-state index contributed by atoms with van der Waals surface area (Å²) >= 11 is 0. The van der Waals surface area contributed by atoms with Crippen LogP contribution < -0.4 is 5.73 Å². The Balaban J connectivity index is 1.89. The quantitative estimate of drug-likeness (QED) is 0.774. The topological polar surface area (TPSA) is 80.5 Å². The van der Waals surface area contributed by atoms with Crippen LogP contribution in [0.5, 0.6) is 0 Å². The molecule has 5 heteroatoms. The molecule has 0 amide bonds. The van der Waals surface area contributed by atoms with Gasteiger partial charge in [0.2, 0.25) is 0 Å². The monoisotopic (exact) mass is 293 g/mol. The van der Waals surface area contributed by atoms with E-state index in [0.717, 1.165) is 34.4 Å². The molecule has 0 aliphatic heterocycles. The number of aromatic nitrogens is 4. The molecule has 1 saturated carbocycles. The lowest BCUT2D eigenvalue weighted by Crippen LogP contribution is -2.19. The summed E-state index contributed by atoms with van der Waals surface area (Å²) in [5, 5.41) is 8.38. The predicted molar refractivity (Wildman–Crippen MR) is 86.5 cm³/mol. The standard InChI is InChI=1S/C17H19N5/c1-2-13-14-15(19-10-20-16(14)22-21-13)11-4-3-5-12(8-11)17(9-18)6-7-17/h3-5,8,10H,2,6-7,9,18H2,1H3,(H,19,20,21,22). The number of H-pyrrole nitrogens is 1. The van der Waals surface area contributed by atoms with Gasteiger partial charge in [0.15, 0.2) is 5.65 Å². The van der Waals surface area contributed by atoms with Crippen molar-refractivity contribution in [1.82, 2.24) is 20.2 Å². The first-order valence-corrected chi connectivity index (χ1v) is 7.76. The molecule has 112 valence electrons. The molecule has 0 radical (unpaired) electrons. The summed E-state index contributed by atoms with van der Waals surface area (Å²) in [6.07, 6.45) is 4.82. The lowest BCUT2D eigenvalue weighted by Gasteiger charge is -2.14. The van der Waals surface area contributed by atoms with Gasteiger partial charge in [-0.05, 0) is 30.9 Å². The van der Waals surface area contributed by atoms with Crippen molar-refractivity contribution in [2.75, 3.05) is 6.54 Å². The van der Waals surface area contributed by atoms with Gasteiger partial charge in [0.25, 0.3) is 0 Å².